The molecular formula is C19H30N2O5. The lowest BCUT2D eigenvalue weighted by Gasteiger charge is -2.35. The summed E-state index contributed by atoms with van der Waals surface area (Å²) in [7, 11) is 1.35. The van der Waals surface area contributed by atoms with Crippen molar-refractivity contribution in [3.05, 3.63) is 0 Å². The van der Waals surface area contributed by atoms with E-state index in [4.69, 9.17) is 9.47 Å². The third-order valence-electron chi connectivity index (χ3n) is 6.35. The molecule has 0 spiro atoms. The molecule has 0 aromatic heterocycles. The summed E-state index contributed by atoms with van der Waals surface area (Å²) in [5.74, 6) is -1.73. The number of nitrogens with one attached hydrogen (secondary N) is 1. The van der Waals surface area contributed by atoms with E-state index in [1.807, 2.05) is 6.92 Å². The monoisotopic (exact) mass is 366 g/mol. The van der Waals surface area contributed by atoms with E-state index in [9.17, 15) is 14.4 Å². The van der Waals surface area contributed by atoms with E-state index in [2.05, 4.69) is 5.32 Å². The highest BCUT2D eigenvalue weighted by Crippen LogP contribution is 2.48. The van der Waals surface area contributed by atoms with Gasteiger partial charge in [0.25, 0.3) is 0 Å². The highest BCUT2D eigenvalue weighted by molar-refractivity contribution is 6.09. The number of hydrogen-bond acceptors (Lipinski definition) is 6. The summed E-state index contributed by atoms with van der Waals surface area (Å²) >= 11 is 0. The predicted molar refractivity (Wildman–Crippen MR) is 94.1 cm³/mol. The van der Waals surface area contributed by atoms with Gasteiger partial charge < -0.3 is 9.47 Å². The van der Waals surface area contributed by atoms with Gasteiger partial charge in [0, 0.05) is 25.8 Å². The lowest BCUT2D eigenvalue weighted by Crippen LogP contribution is -2.58. The number of imide groups is 1. The molecule has 0 radical (unpaired) electrons. The summed E-state index contributed by atoms with van der Waals surface area (Å²) in [5.41, 5.74) is -1.10. The van der Waals surface area contributed by atoms with Crippen molar-refractivity contribution < 1.29 is 23.9 Å². The zero-order chi connectivity index (χ0) is 18.9. The molecular weight excluding hydrogens is 336 g/mol. The molecule has 3 aliphatic heterocycles. The summed E-state index contributed by atoms with van der Waals surface area (Å²) in [6.07, 6.45) is 3.87. The van der Waals surface area contributed by atoms with E-state index in [0.29, 0.717) is 26.2 Å². The fourth-order valence-electron chi connectivity index (χ4n) is 5.06. The number of carbonyl (C=O) groups is 3. The van der Waals surface area contributed by atoms with E-state index in [1.54, 1.807) is 6.92 Å². The SMILES string of the molecule is CCCC[C@]1(C(=O)OC)N[C@@H](C2CCOCC2)[C@H]2C(=O)N(CC)C(=O)[C@H]21. The van der Waals surface area contributed by atoms with Crippen molar-refractivity contribution in [3.63, 3.8) is 0 Å². The first kappa shape index (κ1) is 19.3. The van der Waals surface area contributed by atoms with Crippen LogP contribution in [0.3, 0.4) is 0 Å². The molecule has 26 heavy (non-hydrogen) atoms. The molecule has 0 unspecified atom stereocenters. The average molecular weight is 366 g/mol. The van der Waals surface area contributed by atoms with Gasteiger partial charge in [-0.25, -0.2) is 0 Å². The Morgan fingerprint density at radius 1 is 1.27 bits per heavy atom. The Morgan fingerprint density at radius 3 is 2.54 bits per heavy atom. The summed E-state index contributed by atoms with van der Waals surface area (Å²) in [6, 6.07) is -0.187. The lowest BCUT2D eigenvalue weighted by atomic mass is 9.75. The molecule has 4 atom stereocenters. The normalized spacial score (nSPS) is 35.0. The molecule has 146 valence electrons. The topological polar surface area (TPSA) is 84.9 Å². The molecule has 3 aliphatic rings. The van der Waals surface area contributed by atoms with Gasteiger partial charge >= 0.3 is 5.97 Å². The Bertz CT molecular complexity index is 574. The molecule has 3 rings (SSSR count). The minimum Gasteiger partial charge on any atom is -0.468 e. The van der Waals surface area contributed by atoms with Gasteiger partial charge in [0.2, 0.25) is 11.8 Å². The van der Waals surface area contributed by atoms with Gasteiger partial charge in [-0.05, 0) is 32.1 Å². The first-order valence-corrected chi connectivity index (χ1v) is 9.80. The number of ether oxygens (including phenoxy) is 2. The van der Waals surface area contributed by atoms with E-state index in [0.717, 1.165) is 25.7 Å². The Morgan fingerprint density at radius 2 is 1.96 bits per heavy atom. The minimum atomic E-state index is -1.10. The van der Waals surface area contributed by atoms with Crippen LogP contribution >= 0.6 is 0 Å². The number of fused-ring (bicyclic) bond motifs is 1. The third-order valence-corrected chi connectivity index (χ3v) is 6.35. The molecule has 7 nitrogen and oxygen atoms in total. The fraction of sp³-hybridized carbons (Fsp3) is 0.842. The lowest BCUT2D eigenvalue weighted by molar-refractivity contribution is -0.154. The molecule has 3 heterocycles. The second-order valence-electron chi connectivity index (χ2n) is 7.61. The average Bonchev–Trinajstić information content (AvgIpc) is 3.14. The van der Waals surface area contributed by atoms with Crippen LogP contribution in [0, 0.1) is 17.8 Å². The Kier molecular flexibility index (Phi) is 5.67. The zero-order valence-corrected chi connectivity index (χ0v) is 16.0. The summed E-state index contributed by atoms with van der Waals surface area (Å²) in [5, 5.41) is 3.47. The van der Waals surface area contributed by atoms with Crippen molar-refractivity contribution in [1.29, 1.82) is 0 Å². The van der Waals surface area contributed by atoms with Crippen molar-refractivity contribution in [1.82, 2.24) is 10.2 Å². The van der Waals surface area contributed by atoms with Crippen molar-refractivity contribution in [2.75, 3.05) is 26.9 Å². The predicted octanol–water partition coefficient (Wildman–Crippen LogP) is 1.11. The van der Waals surface area contributed by atoms with Gasteiger partial charge in [-0.3, -0.25) is 24.6 Å². The summed E-state index contributed by atoms with van der Waals surface area (Å²) in [4.78, 5) is 40.3. The van der Waals surface area contributed by atoms with Crippen LogP contribution in [0.5, 0.6) is 0 Å². The second-order valence-corrected chi connectivity index (χ2v) is 7.61. The van der Waals surface area contributed by atoms with Crippen LogP contribution in [0.2, 0.25) is 0 Å². The number of nitrogens with zero attached hydrogens (tertiary/aromatic N) is 1. The molecule has 3 fully saturated rings. The molecule has 0 aromatic rings. The number of likely N-dealkylation sites (tertiary alicyclic amines) is 1. The summed E-state index contributed by atoms with van der Waals surface area (Å²) in [6.45, 7) is 5.50. The second kappa shape index (κ2) is 7.64. The van der Waals surface area contributed by atoms with E-state index in [1.165, 1.54) is 12.0 Å². The fourth-order valence-corrected chi connectivity index (χ4v) is 5.06. The van der Waals surface area contributed by atoms with E-state index >= 15 is 0 Å². The third kappa shape index (κ3) is 2.85. The Balaban J connectivity index is 2.02. The standard InChI is InChI=1S/C19H30N2O5/c1-4-6-9-19(18(24)25-3)14-13(16(22)21(5-2)17(14)23)15(20-19)12-7-10-26-11-8-12/h12-15,20H,4-11H2,1-3H3/t13-,14-,15-,19-/m0/s1. The van der Waals surface area contributed by atoms with Gasteiger partial charge in [0.05, 0.1) is 18.9 Å². The van der Waals surface area contributed by atoms with Gasteiger partial charge in [0.15, 0.2) is 0 Å². The first-order chi connectivity index (χ1) is 12.5. The zero-order valence-electron chi connectivity index (χ0n) is 16.0. The molecule has 0 aromatic carbocycles. The number of hydrogen-bond donors (Lipinski definition) is 1. The summed E-state index contributed by atoms with van der Waals surface area (Å²) < 4.78 is 10.6. The molecule has 0 saturated carbocycles. The van der Waals surface area contributed by atoms with Gasteiger partial charge in [-0.15, -0.1) is 0 Å². The number of carbonyl (C=O) groups excluding carboxylic acids is 3. The number of amides is 2. The Hall–Kier alpha value is -1.47. The van der Waals surface area contributed by atoms with E-state index in [-0.39, 0.29) is 23.8 Å². The Labute approximate surface area is 154 Å². The highest BCUT2D eigenvalue weighted by Gasteiger charge is 2.68. The minimum absolute atomic E-state index is 0.145. The van der Waals surface area contributed by atoms with Gasteiger partial charge in [0.1, 0.15) is 5.54 Å². The van der Waals surface area contributed by atoms with Crippen LogP contribution in [0.25, 0.3) is 0 Å². The number of unbranched alkanes of at least 4 members (excludes halogenated alkanes) is 1. The van der Waals surface area contributed by atoms with Crippen LogP contribution < -0.4 is 5.32 Å². The smallest absolute Gasteiger partial charge is 0.326 e. The van der Waals surface area contributed by atoms with E-state index < -0.39 is 23.3 Å². The first-order valence-electron chi connectivity index (χ1n) is 9.80. The molecule has 2 amide bonds. The number of rotatable bonds is 6. The highest BCUT2D eigenvalue weighted by atomic mass is 16.5. The largest absolute Gasteiger partial charge is 0.468 e. The van der Waals surface area contributed by atoms with Gasteiger partial charge in [-0.1, -0.05) is 19.8 Å². The van der Waals surface area contributed by atoms with Crippen LogP contribution in [0.1, 0.15) is 46.0 Å². The molecule has 3 saturated heterocycles. The van der Waals surface area contributed by atoms with Crippen LogP contribution in [0.4, 0.5) is 0 Å². The van der Waals surface area contributed by atoms with Crippen molar-refractivity contribution in [2.45, 2.75) is 57.5 Å². The van der Waals surface area contributed by atoms with Crippen LogP contribution in [-0.2, 0) is 23.9 Å². The maximum atomic E-state index is 13.1. The van der Waals surface area contributed by atoms with Crippen LogP contribution in [0.15, 0.2) is 0 Å². The molecule has 0 aliphatic carbocycles. The quantitative estimate of drug-likeness (QED) is 0.560. The molecule has 1 N–H and O–H groups in total. The maximum Gasteiger partial charge on any atom is 0.326 e. The van der Waals surface area contributed by atoms with Gasteiger partial charge in [-0.2, -0.15) is 0 Å². The number of esters is 1. The van der Waals surface area contributed by atoms with Crippen LogP contribution in [-0.4, -0.2) is 61.1 Å². The van der Waals surface area contributed by atoms with Crippen molar-refractivity contribution >= 4 is 17.8 Å². The van der Waals surface area contributed by atoms with Crippen molar-refractivity contribution in [3.8, 4) is 0 Å². The molecule has 7 heteroatoms. The number of methoxy groups -OCH3 is 1. The maximum absolute atomic E-state index is 13.1. The van der Waals surface area contributed by atoms with Crippen molar-refractivity contribution in [2.24, 2.45) is 17.8 Å². The molecule has 0 bridgehead atoms.